The zero-order valence-electron chi connectivity index (χ0n) is 14.8. The lowest BCUT2D eigenvalue weighted by Crippen LogP contribution is -2.69. The molecule has 3 fully saturated rings. The molecule has 0 radical (unpaired) electrons. The van der Waals surface area contributed by atoms with Crippen LogP contribution in [-0.4, -0.2) is 35.1 Å². The molecular weight excluding hydrogens is 378 g/mol. The number of hydrogen-bond acceptors (Lipinski definition) is 3. The third-order valence-corrected chi connectivity index (χ3v) is 6.65. The molecule has 154 valence electrons. The third-order valence-electron chi connectivity index (χ3n) is 6.65. The summed E-state index contributed by atoms with van der Waals surface area (Å²) in [6, 6.07) is 0. The molecule has 3 aliphatic carbocycles. The number of rotatable bonds is 4. The fraction of sp³-hybridized carbons (Fsp3) is 0.833. The summed E-state index contributed by atoms with van der Waals surface area (Å²) in [6.45, 7) is 4.38. The minimum Gasteiger partial charge on any atom is -0.455 e. The molecule has 3 bridgehead atoms. The van der Waals surface area contributed by atoms with E-state index in [9.17, 15) is 36.2 Å². The fourth-order valence-corrected chi connectivity index (χ4v) is 5.64. The number of halogens is 6. The topological polar surface area (TPSA) is 46.5 Å². The summed E-state index contributed by atoms with van der Waals surface area (Å²) in [5.41, 5.74) is -6.99. The van der Waals surface area contributed by atoms with Crippen LogP contribution in [0.15, 0.2) is 12.2 Å². The maximum Gasteiger partial charge on any atom is 0.430 e. The predicted molar refractivity (Wildman–Crippen MR) is 82.4 cm³/mol. The van der Waals surface area contributed by atoms with Gasteiger partial charge in [-0.3, -0.25) is 0 Å². The van der Waals surface area contributed by atoms with Crippen LogP contribution in [0.5, 0.6) is 0 Å². The second kappa shape index (κ2) is 6.12. The molecule has 0 aromatic carbocycles. The van der Waals surface area contributed by atoms with Crippen LogP contribution >= 0.6 is 0 Å². The molecule has 27 heavy (non-hydrogen) atoms. The van der Waals surface area contributed by atoms with Crippen molar-refractivity contribution < 1.29 is 41.0 Å². The summed E-state index contributed by atoms with van der Waals surface area (Å²) in [4.78, 5) is 12.0. The zero-order valence-corrected chi connectivity index (χ0v) is 14.8. The predicted octanol–water partition coefficient (Wildman–Crippen LogP) is 4.55. The zero-order chi connectivity index (χ0) is 20.4. The third kappa shape index (κ3) is 3.06. The van der Waals surface area contributed by atoms with E-state index in [0.717, 1.165) is 26.2 Å². The first-order valence-corrected chi connectivity index (χ1v) is 8.93. The largest absolute Gasteiger partial charge is 0.455 e. The number of alkyl halides is 6. The number of carbonyl (C=O) groups is 1. The molecule has 5 atom stereocenters. The smallest absolute Gasteiger partial charge is 0.430 e. The standard InChI is InChI=1S/C18H22F6O3/c1-9(2)13(25)27-14(16(26,17(19,20)21)18(22,23)24)15-6-10-3-4-11(7-15)12(5-10)8-15/h10-12,14,26H,1,3-8H2,2H3. The van der Waals surface area contributed by atoms with Gasteiger partial charge in [0.25, 0.3) is 5.60 Å². The Morgan fingerprint density at radius 1 is 1.07 bits per heavy atom. The summed E-state index contributed by atoms with van der Waals surface area (Å²) < 4.78 is 86.4. The lowest BCUT2D eigenvalue weighted by atomic mass is 9.62. The molecule has 0 amide bonds. The van der Waals surface area contributed by atoms with Gasteiger partial charge in [-0.25, -0.2) is 4.79 Å². The number of esters is 1. The molecule has 9 heteroatoms. The quantitative estimate of drug-likeness (QED) is 0.428. The van der Waals surface area contributed by atoms with Gasteiger partial charge in [0.1, 0.15) is 0 Å². The minimum atomic E-state index is -6.05. The molecule has 1 N–H and O–H groups in total. The van der Waals surface area contributed by atoms with Crippen molar-refractivity contribution in [3.8, 4) is 0 Å². The van der Waals surface area contributed by atoms with E-state index in [1.807, 2.05) is 0 Å². The maximum atomic E-state index is 13.6. The van der Waals surface area contributed by atoms with Crippen LogP contribution in [0, 0.1) is 23.2 Å². The van der Waals surface area contributed by atoms with Crippen LogP contribution < -0.4 is 0 Å². The normalized spacial score (nSPS) is 34.4. The Morgan fingerprint density at radius 2 is 1.63 bits per heavy atom. The molecule has 3 rings (SSSR count). The minimum absolute atomic E-state index is 0.000461. The van der Waals surface area contributed by atoms with Crippen LogP contribution in [0.1, 0.15) is 45.4 Å². The van der Waals surface area contributed by atoms with Crippen molar-refractivity contribution in [2.75, 3.05) is 0 Å². The average molecular weight is 400 g/mol. The maximum absolute atomic E-state index is 13.6. The molecule has 0 aromatic rings. The summed E-state index contributed by atoms with van der Waals surface area (Å²) in [7, 11) is 0. The Morgan fingerprint density at radius 3 is 2.15 bits per heavy atom. The van der Waals surface area contributed by atoms with Gasteiger partial charge in [0.2, 0.25) is 0 Å². The average Bonchev–Trinajstić information content (AvgIpc) is 2.68. The Bertz CT molecular complexity index is 622. The van der Waals surface area contributed by atoms with Gasteiger partial charge in [-0.1, -0.05) is 13.0 Å². The first-order chi connectivity index (χ1) is 12.2. The van der Waals surface area contributed by atoms with E-state index < -0.39 is 35.4 Å². The number of aliphatic hydroxyl groups is 1. The van der Waals surface area contributed by atoms with Gasteiger partial charge in [-0.15, -0.1) is 0 Å². The van der Waals surface area contributed by atoms with E-state index in [0.29, 0.717) is 0 Å². The van der Waals surface area contributed by atoms with E-state index in [1.54, 1.807) is 0 Å². The molecule has 3 saturated carbocycles. The first kappa shape index (κ1) is 20.5. The van der Waals surface area contributed by atoms with Crippen molar-refractivity contribution in [1.29, 1.82) is 0 Å². The molecule has 5 unspecified atom stereocenters. The van der Waals surface area contributed by atoms with E-state index in [2.05, 4.69) is 6.58 Å². The first-order valence-electron chi connectivity index (χ1n) is 8.93. The summed E-state index contributed by atoms with van der Waals surface area (Å²) in [5, 5.41) is 10.1. The lowest BCUT2D eigenvalue weighted by Gasteiger charge is -2.49. The van der Waals surface area contributed by atoms with Crippen LogP contribution in [0.3, 0.4) is 0 Å². The summed E-state index contributed by atoms with van der Waals surface area (Å²) >= 11 is 0. The van der Waals surface area contributed by atoms with Gasteiger partial charge >= 0.3 is 18.3 Å². The highest BCUT2D eigenvalue weighted by Gasteiger charge is 2.79. The van der Waals surface area contributed by atoms with Crippen LogP contribution in [0.4, 0.5) is 26.3 Å². The Labute approximate surface area is 152 Å². The van der Waals surface area contributed by atoms with Crippen molar-refractivity contribution in [3.63, 3.8) is 0 Å². The fourth-order valence-electron chi connectivity index (χ4n) is 5.64. The number of ether oxygens (including phenoxy) is 1. The van der Waals surface area contributed by atoms with Crippen LogP contribution in [-0.2, 0) is 9.53 Å². The monoisotopic (exact) mass is 400 g/mol. The van der Waals surface area contributed by atoms with Gasteiger partial charge in [-0.2, -0.15) is 26.3 Å². The molecule has 0 aromatic heterocycles. The molecular formula is C18H22F6O3. The van der Waals surface area contributed by atoms with Crippen molar-refractivity contribution >= 4 is 5.97 Å². The lowest BCUT2D eigenvalue weighted by molar-refractivity contribution is -0.402. The highest BCUT2D eigenvalue weighted by atomic mass is 19.4. The summed E-state index contributed by atoms with van der Waals surface area (Å²) in [5.74, 6) is -1.36. The number of fused-ring (bicyclic) bond motifs is 2. The van der Waals surface area contributed by atoms with Crippen molar-refractivity contribution in [2.45, 2.75) is 69.5 Å². The van der Waals surface area contributed by atoms with Crippen molar-refractivity contribution in [3.05, 3.63) is 12.2 Å². The van der Waals surface area contributed by atoms with Crippen LogP contribution in [0.2, 0.25) is 0 Å². The Hall–Kier alpha value is -1.25. The van der Waals surface area contributed by atoms with E-state index in [1.165, 1.54) is 0 Å². The highest BCUT2D eigenvalue weighted by Crippen LogP contribution is 2.66. The summed E-state index contributed by atoms with van der Waals surface area (Å²) in [6.07, 6.45) is -12.3. The van der Waals surface area contributed by atoms with Gasteiger partial charge < -0.3 is 9.84 Å². The molecule has 0 spiro atoms. The van der Waals surface area contributed by atoms with E-state index >= 15 is 0 Å². The Balaban J connectivity index is 2.12. The number of carbonyl (C=O) groups excluding carboxylic acids is 1. The van der Waals surface area contributed by atoms with Crippen molar-refractivity contribution in [1.82, 2.24) is 0 Å². The van der Waals surface area contributed by atoms with Gasteiger partial charge in [-0.05, 0) is 56.8 Å². The molecule has 3 nitrogen and oxygen atoms in total. The van der Waals surface area contributed by atoms with Crippen LogP contribution in [0.25, 0.3) is 0 Å². The molecule has 0 heterocycles. The molecule has 0 saturated heterocycles. The van der Waals surface area contributed by atoms with Crippen molar-refractivity contribution in [2.24, 2.45) is 23.2 Å². The van der Waals surface area contributed by atoms with Gasteiger partial charge in [0, 0.05) is 11.0 Å². The van der Waals surface area contributed by atoms with E-state index in [4.69, 9.17) is 4.74 Å². The SMILES string of the molecule is C=C(C)C(=O)OC(C12CC3CCC(C1)C(C3)C2)C(O)(C(F)(F)F)C(F)(F)F. The molecule has 3 aliphatic rings. The Kier molecular flexibility index (Phi) is 4.65. The van der Waals surface area contributed by atoms with E-state index in [-0.39, 0.29) is 42.6 Å². The second-order valence-electron chi connectivity index (χ2n) is 8.50. The van der Waals surface area contributed by atoms with Gasteiger partial charge in [0.15, 0.2) is 6.10 Å². The van der Waals surface area contributed by atoms with Gasteiger partial charge in [0.05, 0.1) is 0 Å². The molecule has 0 aliphatic heterocycles. The highest BCUT2D eigenvalue weighted by molar-refractivity contribution is 5.87. The number of hydrogen-bond donors (Lipinski definition) is 1. The second-order valence-corrected chi connectivity index (χ2v) is 8.50.